The lowest BCUT2D eigenvalue weighted by Gasteiger charge is -2.08. The maximum atomic E-state index is 12.4. The van der Waals surface area contributed by atoms with Gasteiger partial charge in [0.15, 0.2) is 0 Å². The molecule has 2 aromatic rings. The van der Waals surface area contributed by atoms with Gasteiger partial charge in [0.05, 0.1) is 12.0 Å². The molecule has 0 unspecified atom stereocenters. The fourth-order valence-corrected chi connectivity index (χ4v) is 4.45. The van der Waals surface area contributed by atoms with Gasteiger partial charge in [0.25, 0.3) is 5.91 Å². The highest BCUT2D eigenvalue weighted by Gasteiger charge is 2.26. The van der Waals surface area contributed by atoms with Crippen LogP contribution >= 0.6 is 11.3 Å². The van der Waals surface area contributed by atoms with Gasteiger partial charge in [-0.15, -0.1) is 11.3 Å². The molecule has 1 aromatic heterocycles. The van der Waals surface area contributed by atoms with Gasteiger partial charge in [0.2, 0.25) is 5.91 Å². The molecule has 0 saturated heterocycles. The third kappa shape index (κ3) is 3.15. The summed E-state index contributed by atoms with van der Waals surface area (Å²) >= 11 is 1.49. The Morgan fingerprint density at radius 3 is 2.74 bits per heavy atom. The highest BCUT2D eigenvalue weighted by atomic mass is 32.1. The first-order valence-corrected chi connectivity index (χ1v) is 8.57. The summed E-state index contributed by atoms with van der Waals surface area (Å²) in [6.07, 6.45) is 3.19. The van der Waals surface area contributed by atoms with E-state index in [0.717, 1.165) is 36.0 Å². The molecule has 3 rings (SSSR count). The number of thiophene rings is 1. The van der Waals surface area contributed by atoms with Crippen molar-refractivity contribution in [1.82, 2.24) is 0 Å². The zero-order valence-corrected chi connectivity index (χ0v) is 14.2. The normalized spacial score (nSPS) is 13.0. The molecule has 1 aliphatic carbocycles. The molecule has 1 aliphatic rings. The van der Waals surface area contributed by atoms with Gasteiger partial charge in [0, 0.05) is 4.88 Å². The molecule has 4 nitrogen and oxygen atoms in total. The number of amides is 2. The van der Waals surface area contributed by atoms with Crippen LogP contribution in [0.15, 0.2) is 18.2 Å². The number of anilines is 1. The molecule has 0 aliphatic heterocycles. The molecule has 5 heteroatoms. The zero-order chi connectivity index (χ0) is 16.6. The van der Waals surface area contributed by atoms with Crippen LogP contribution in [0.4, 0.5) is 5.00 Å². The smallest absolute Gasteiger partial charge is 0.251 e. The number of rotatable bonds is 4. The zero-order valence-electron chi connectivity index (χ0n) is 13.4. The highest BCUT2D eigenvalue weighted by molar-refractivity contribution is 7.17. The number of aryl methyl sites for hydroxylation is 3. The number of nitrogens with one attached hydrogen (secondary N) is 1. The Hall–Kier alpha value is -2.14. The second kappa shape index (κ2) is 6.16. The summed E-state index contributed by atoms with van der Waals surface area (Å²) in [6, 6.07) is 6.05. The van der Waals surface area contributed by atoms with Crippen LogP contribution in [-0.2, 0) is 24.1 Å². The van der Waals surface area contributed by atoms with Crippen LogP contribution < -0.4 is 11.1 Å². The number of hydrogen-bond acceptors (Lipinski definition) is 3. The molecule has 1 aromatic carbocycles. The fourth-order valence-electron chi connectivity index (χ4n) is 3.14. The standard InChI is InChI=1S/C18H20N2O2S/c1-10-6-7-12(11(2)8-10)9-15(21)20-18-16(17(19)22)13-4-3-5-14(13)23-18/h6-8H,3-5,9H2,1-2H3,(H2,19,22)(H,20,21). The molecule has 23 heavy (non-hydrogen) atoms. The SMILES string of the molecule is Cc1ccc(CC(=O)Nc2sc3c(c2C(N)=O)CCC3)c(C)c1. The van der Waals surface area contributed by atoms with Crippen molar-refractivity contribution in [2.45, 2.75) is 39.5 Å². The molecular formula is C18H20N2O2S. The summed E-state index contributed by atoms with van der Waals surface area (Å²) in [6.45, 7) is 4.04. The van der Waals surface area contributed by atoms with Gasteiger partial charge in [-0.25, -0.2) is 0 Å². The van der Waals surface area contributed by atoms with Gasteiger partial charge in [-0.2, -0.15) is 0 Å². The van der Waals surface area contributed by atoms with E-state index in [-0.39, 0.29) is 5.91 Å². The van der Waals surface area contributed by atoms with Crippen molar-refractivity contribution in [1.29, 1.82) is 0 Å². The lowest BCUT2D eigenvalue weighted by Crippen LogP contribution is -2.19. The van der Waals surface area contributed by atoms with Crippen LogP contribution in [0.3, 0.4) is 0 Å². The second-order valence-electron chi connectivity index (χ2n) is 6.08. The summed E-state index contributed by atoms with van der Waals surface area (Å²) in [5.74, 6) is -0.564. The van der Waals surface area contributed by atoms with E-state index in [9.17, 15) is 9.59 Å². The van der Waals surface area contributed by atoms with Gasteiger partial charge in [-0.1, -0.05) is 23.8 Å². The van der Waals surface area contributed by atoms with Crippen molar-refractivity contribution in [3.05, 3.63) is 50.9 Å². The molecule has 0 fully saturated rings. The van der Waals surface area contributed by atoms with Crippen molar-refractivity contribution in [2.24, 2.45) is 5.73 Å². The number of carbonyl (C=O) groups excluding carboxylic acids is 2. The highest BCUT2D eigenvalue weighted by Crippen LogP contribution is 2.38. The van der Waals surface area contributed by atoms with E-state index in [1.54, 1.807) is 0 Å². The Kier molecular flexibility index (Phi) is 4.22. The predicted molar refractivity (Wildman–Crippen MR) is 93.1 cm³/mol. The van der Waals surface area contributed by atoms with Crippen LogP contribution in [0, 0.1) is 13.8 Å². The van der Waals surface area contributed by atoms with Crippen LogP contribution in [0.5, 0.6) is 0 Å². The van der Waals surface area contributed by atoms with E-state index >= 15 is 0 Å². The molecule has 0 spiro atoms. The van der Waals surface area contributed by atoms with E-state index in [4.69, 9.17) is 5.73 Å². The van der Waals surface area contributed by atoms with Crippen molar-refractivity contribution in [3.63, 3.8) is 0 Å². The van der Waals surface area contributed by atoms with Crippen LogP contribution in [0.1, 0.15) is 43.9 Å². The number of nitrogens with two attached hydrogens (primary N) is 1. The number of hydrogen-bond donors (Lipinski definition) is 2. The van der Waals surface area contributed by atoms with Crippen LogP contribution in [0.2, 0.25) is 0 Å². The number of carbonyl (C=O) groups is 2. The van der Waals surface area contributed by atoms with Gasteiger partial charge >= 0.3 is 0 Å². The van der Waals surface area contributed by atoms with Gasteiger partial charge in [0.1, 0.15) is 5.00 Å². The van der Waals surface area contributed by atoms with E-state index in [1.807, 2.05) is 26.0 Å². The first-order chi connectivity index (χ1) is 11.0. The van der Waals surface area contributed by atoms with Crippen molar-refractivity contribution < 1.29 is 9.59 Å². The van der Waals surface area contributed by atoms with Crippen LogP contribution in [-0.4, -0.2) is 11.8 Å². The summed E-state index contributed by atoms with van der Waals surface area (Å²) in [4.78, 5) is 25.3. The Balaban J connectivity index is 1.79. The Morgan fingerprint density at radius 1 is 1.26 bits per heavy atom. The fraction of sp³-hybridized carbons (Fsp3) is 0.333. The third-order valence-electron chi connectivity index (χ3n) is 4.27. The molecule has 120 valence electrons. The minimum Gasteiger partial charge on any atom is -0.365 e. The molecule has 2 amide bonds. The summed E-state index contributed by atoms with van der Waals surface area (Å²) < 4.78 is 0. The lowest BCUT2D eigenvalue weighted by atomic mass is 10.0. The quantitative estimate of drug-likeness (QED) is 0.905. The molecule has 0 bridgehead atoms. The van der Waals surface area contributed by atoms with Crippen molar-refractivity contribution >= 4 is 28.2 Å². The topological polar surface area (TPSA) is 72.2 Å². The van der Waals surface area contributed by atoms with Gasteiger partial charge < -0.3 is 11.1 Å². The van der Waals surface area contributed by atoms with E-state index in [0.29, 0.717) is 17.0 Å². The maximum Gasteiger partial charge on any atom is 0.251 e. The first kappa shape index (κ1) is 15.7. The number of primary amides is 1. The minimum absolute atomic E-state index is 0.112. The Labute approximate surface area is 139 Å². The molecule has 1 heterocycles. The Morgan fingerprint density at radius 2 is 2.04 bits per heavy atom. The third-order valence-corrected chi connectivity index (χ3v) is 5.48. The van der Waals surface area contributed by atoms with E-state index in [1.165, 1.54) is 21.8 Å². The maximum absolute atomic E-state index is 12.4. The Bertz CT molecular complexity index is 793. The summed E-state index contributed by atoms with van der Waals surface area (Å²) in [7, 11) is 0. The molecule has 3 N–H and O–H groups in total. The van der Waals surface area contributed by atoms with E-state index in [2.05, 4.69) is 11.4 Å². The molecule has 0 atom stereocenters. The van der Waals surface area contributed by atoms with Gasteiger partial charge in [-0.05, 0) is 49.8 Å². The predicted octanol–water partition coefficient (Wildman–Crippen LogP) is 3.13. The minimum atomic E-state index is -0.453. The number of benzene rings is 1. The average molecular weight is 328 g/mol. The largest absolute Gasteiger partial charge is 0.365 e. The molecule has 0 saturated carbocycles. The molecular weight excluding hydrogens is 308 g/mol. The van der Waals surface area contributed by atoms with Gasteiger partial charge in [-0.3, -0.25) is 9.59 Å². The average Bonchev–Trinajstić information content (AvgIpc) is 3.01. The van der Waals surface area contributed by atoms with E-state index < -0.39 is 5.91 Å². The summed E-state index contributed by atoms with van der Waals surface area (Å²) in [5.41, 5.74) is 10.3. The second-order valence-corrected chi connectivity index (χ2v) is 7.19. The lowest BCUT2D eigenvalue weighted by molar-refractivity contribution is -0.115. The monoisotopic (exact) mass is 328 g/mol. The van der Waals surface area contributed by atoms with Crippen LogP contribution in [0.25, 0.3) is 0 Å². The van der Waals surface area contributed by atoms with Crippen molar-refractivity contribution in [2.75, 3.05) is 5.32 Å². The number of fused-ring (bicyclic) bond motifs is 1. The summed E-state index contributed by atoms with van der Waals surface area (Å²) in [5, 5.41) is 3.50. The molecule has 0 radical (unpaired) electrons. The first-order valence-electron chi connectivity index (χ1n) is 7.76. The van der Waals surface area contributed by atoms with Crippen molar-refractivity contribution in [3.8, 4) is 0 Å².